The molecule has 0 bridgehead atoms. The summed E-state index contributed by atoms with van der Waals surface area (Å²) in [5, 5.41) is 0. The average molecular weight is 136 g/mol. The molecule has 0 spiro atoms. The van der Waals surface area contributed by atoms with Crippen molar-refractivity contribution in [2.24, 2.45) is 0 Å². The maximum Gasteiger partial charge on any atom is 0.297 e. The van der Waals surface area contributed by atoms with E-state index in [1.807, 2.05) is 0 Å². The zero-order valence-corrected chi connectivity index (χ0v) is 4.64. The van der Waals surface area contributed by atoms with Crippen LogP contribution in [0.1, 0.15) is 0 Å². The quantitative estimate of drug-likeness (QED) is 0.426. The van der Waals surface area contributed by atoms with Gasteiger partial charge in [-0.15, -0.1) is 0 Å². The second kappa shape index (κ2) is 9.94. The van der Waals surface area contributed by atoms with E-state index in [4.69, 9.17) is 4.79 Å². The van der Waals surface area contributed by atoms with Crippen molar-refractivity contribution in [2.45, 2.75) is 0 Å². The number of hydrogen-bond donors (Lipinski definition) is 0. The molecule has 0 saturated carbocycles. The molecule has 0 aliphatic heterocycles. The second-order valence-corrected chi connectivity index (χ2v) is 0.738. The summed E-state index contributed by atoms with van der Waals surface area (Å²) < 4.78 is 24.2. The zero-order valence-electron chi connectivity index (χ0n) is 4.64. The lowest BCUT2D eigenvalue weighted by Crippen LogP contribution is -1.66. The topological polar surface area (TPSA) is 26.3 Å². The SMILES string of the molecule is C=C(F)F.C=COC=O. The fraction of sp³-hybridized carbons (Fsp3) is 0. The Morgan fingerprint density at radius 2 is 1.89 bits per heavy atom. The molecule has 9 heavy (non-hydrogen) atoms. The molecule has 0 aromatic heterocycles. The standard InChI is InChI=1S/C3H4O2.C2H2F2/c1-2-5-3-4;1-2(3)4/h2-3H,1H2;1H2. The summed E-state index contributed by atoms with van der Waals surface area (Å²) in [5.74, 6) is 0. The van der Waals surface area contributed by atoms with Gasteiger partial charge in [0.15, 0.2) is 0 Å². The number of halogens is 2. The summed E-state index contributed by atoms with van der Waals surface area (Å²) in [5.41, 5.74) is 0. The monoisotopic (exact) mass is 136 g/mol. The number of hydrogen-bond acceptors (Lipinski definition) is 2. The van der Waals surface area contributed by atoms with E-state index in [0.29, 0.717) is 6.47 Å². The van der Waals surface area contributed by atoms with Crippen LogP contribution in [0, 0.1) is 0 Å². The van der Waals surface area contributed by atoms with Crippen LogP contribution in [0.25, 0.3) is 0 Å². The molecule has 2 nitrogen and oxygen atoms in total. The summed E-state index contributed by atoms with van der Waals surface area (Å²) in [4.78, 5) is 9.11. The lowest BCUT2D eigenvalue weighted by molar-refractivity contribution is -0.123. The first-order chi connectivity index (χ1) is 4.15. The van der Waals surface area contributed by atoms with Crippen molar-refractivity contribution in [1.82, 2.24) is 0 Å². The molecule has 0 saturated heterocycles. The van der Waals surface area contributed by atoms with Crippen molar-refractivity contribution >= 4 is 6.47 Å². The molecule has 0 N–H and O–H groups in total. The van der Waals surface area contributed by atoms with Crippen molar-refractivity contribution in [3.05, 3.63) is 25.5 Å². The smallest absolute Gasteiger partial charge is 0.297 e. The number of carbonyl (C=O) groups is 1. The summed E-state index contributed by atoms with van der Waals surface area (Å²) in [7, 11) is 0. The van der Waals surface area contributed by atoms with E-state index in [1.165, 1.54) is 0 Å². The van der Waals surface area contributed by atoms with E-state index in [0.717, 1.165) is 6.26 Å². The predicted octanol–water partition coefficient (Wildman–Crippen LogP) is 1.70. The van der Waals surface area contributed by atoms with Gasteiger partial charge in [-0.3, -0.25) is 4.79 Å². The minimum atomic E-state index is -1.83. The van der Waals surface area contributed by atoms with Gasteiger partial charge in [0, 0.05) is 0 Å². The van der Waals surface area contributed by atoms with Crippen LogP contribution < -0.4 is 0 Å². The fourth-order valence-corrected chi connectivity index (χ4v) is 0.0393. The summed E-state index contributed by atoms with van der Waals surface area (Å²) in [6.45, 7) is 5.63. The Morgan fingerprint density at radius 3 is 1.89 bits per heavy atom. The molecule has 0 aliphatic carbocycles. The Morgan fingerprint density at radius 1 is 1.56 bits per heavy atom. The van der Waals surface area contributed by atoms with Gasteiger partial charge in [0.25, 0.3) is 12.6 Å². The van der Waals surface area contributed by atoms with Crippen LogP contribution in [0.2, 0.25) is 0 Å². The van der Waals surface area contributed by atoms with Gasteiger partial charge in [0.2, 0.25) is 0 Å². The zero-order chi connectivity index (χ0) is 7.70. The molecule has 0 amide bonds. The normalized spacial score (nSPS) is 6.00. The van der Waals surface area contributed by atoms with E-state index in [2.05, 4.69) is 17.9 Å². The summed E-state index contributed by atoms with van der Waals surface area (Å²) >= 11 is 0. The molecule has 0 aromatic rings. The van der Waals surface area contributed by atoms with Crippen LogP contribution in [-0.4, -0.2) is 6.47 Å². The highest BCUT2D eigenvalue weighted by Crippen LogP contribution is 1.85. The van der Waals surface area contributed by atoms with Crippen molar-refractivity contribution in [3.8, 4) is 0 Å². The molecule has 0 unspecified atom stereocenters. The molecule has 0 fully saturated rings. The Labute approximate surface area is 51.4 Å². The van der Waals surface area contributed by atoms with Crippen LogP contribution in [-0.2, 0) is 9.53 Å². The predicted molar refractivity (Wildman–Crippen MR) is 28.7 cm³/mol. The second-order valence-electron chi connectivity index (χ2n) is 0.738. The van der Waals surface area contributed by atoms with Crippen molar-refractivity contribution < 1.29 is 18.3 Å². The molecular weight excluding hydrogens is 130 g/mol. The van der Waals surface area contributed by atoms with Gasteiger partial charge in [0.1, 0.15) is 0 Å². The molecule has 0 aromatic carbocycles. The summed E-state index contributed by atoms with van der Waals surface area (Å²) in [6.07, 6.45) is -0.771. The highest BCUT2D eigenvalue weighted by Gasteiger charge is 1.65. The molecule has 0 heterocycles. The van der Waals surface area contributed by atoms with Gasteiger partial charge in [0.05, 0.1) is 6.26 Å². The highest BCUT2D eigenvalue weighted by atomic mass is 19.3. The Bertz CT molecular complexity index is 91.1. The fourth-order valence-electron chi connectivity index (χ4n) is 0.0393. The third-order valence-corrected chi connectivity index (χ3v) is 0.152. The third-order valence-electron chi connectivity index (χ3n) is 0.152. The lowest BCUT2D eigenvalue weighted by atomic mass is 11.1. The highest BCUT2D eigenvalue weighted by molar-refractivity contribution is 5.37. The first-order valence-electron chi connectivity index (χ1n) is 1.85. The van der Waals surface area contributed by atoms with Gasteiger partial charge in [-0.25, -0.2) is 0 Å². The maximum atomic E-state index is 10.1. The summed E-state index contributed by atoms with van der Waals surface area (Å²) in [6, 6.07) is 0. The average Bonchev–Trinajstić information content (AvgIpc) is 1.66. The van der Waals surface area contributed by atoms with Gasteiger partial charge in [-0.05, 0) is 6.58 Å². The lowest BCUT2D eigenvalue weighted by Gasteiger charge is -1.71. The third kappa shape index (κ3) is 240. The molecule has 52 valence electrons. The maximum absolute atomic E-state index is 10.1. The molecular formula is C5H6F2O2. The molecule has 0 aliphatic rings. The molecule has 0 radical (unpaired) electrons. The first-order valence-corrected chi connectivity index (χ1v) is 1.85. The van der Waals surface area contributed by atoms with Gasteiger partial charge >= 0.3 is 0 Å². The van der Waals surface area contributed by atoms with E-state index in [-0.39, 0.29) is 0 Å². The van der Waals surface area contributed by atoms with E-state index < -0.39 is 6.08 Å². The van der Waals surface area contributed by atoms with E-state index >= 15 is 0 Å². The molecule has 0 rings (SSSR count). The van der Waals surface area contributed by atoms with Gasteiger partial charge in [-0.2, -0.15) is 8.78 Å². The molecule has 4 heteroatoms. The Balaban J connectivity index is 0. The van der Waals surface area contributed by atoms with Crippen molar-refractivity contribution in [3.63, 3.8) is 0 Å². The van der Waals surface area contributed by atoms with Crippen LogP contribution in [0.3, 0.4) is 0 Å². The molecule has 0 atom stereocenters. The number of rotatable bonds is 2. The van der Waals surface area contributed by atoms with Crippen LogP contribution in [0.4, 0.5) is 8.78 Å². The van der Waals surface area contributed by atoms with Crippen LogP contribution >= 0.6 is 0 Å². The minimum absolute atomic E-state index is 0.312. The van der Waals surface area contributed by atoms with Crippen molar-refractivity contribution in [1.29, 1.82) is 0 Å². The Hall–Kier alpha value is -1.19. The Kier molecular flexibility index (Phi) is 11.8. The van der Waals surface area contributed by atoms with Gasteiger partial charge < -0.3 is 4.74 Å². The van der Waals surface area contributed by atoms with E-state index in [9.17, 15) is 8.78 Å². The van der Waals surface area contributed by atoms with Crippen molar-refractivity contribution in [2.75, 3.05) is 0 Å². The minimum Gasteiger partial charge on any atom is -0.437 e. The van der Waals surface area contributed by atoms with Gasteiger partial charge in [-0.1, -0.05) is 6.58 Å². The van der Waals surface area contributed by atoms with E-state index in [1.54, 1.807) is 0 Å². The number of carbonyl (C=O) groups excluding carboxylic acids is 1. The largest absolute Gasteiger partial charge is 0.437 e. The van der Waals surface area contributed by atoms with Crippen LogP contribution in [0.15, 0.2) is 25.5 Å². The van der Waals surface area contributed by atoms with Crippen LogP contribution in [0.5, 0.6) is 0 Å². The number of ether oxygens (including phenoxy) is 1. The first kappa shape index (κ1) is 10.7.